The highest BCUT2D eigenvalue weighted by atomic mass is 16.5. The first kappa shape index (κ1) is 13.1. The minimum absolute atomic E-state index is 0.766. The summed E-state index contributed by atoms with van der Waals surface area (Å²) in [5.74, 6) is 0. The molecule has 0 spiro atoms. The summed E-state index contributed by atoms with van der Waals surface area (Å²) in [4.78, 5) is 13.6. The van der Waals surface area contributed by atoms with Crippen LogP contribution in [0, 0.1) is 27.7 Å². The van der Waals surface area contributed by atoms with Crippen molar-refractivity contribution in [2.75, 3.05) is 31.2 Å². The Balaban J connectivity index is 2.58. The van der Waals surface area contributed by atoms with Crippen molar-refractivity contribution in [1.82, 2.24) is 0 Å². The Hall–Kier alpha value is -1.35. The molecule has 18 heavy (non-hydrogen) atoms. The Labute approximate surface area is 109 Å². The first-order chi connectivity index (χ1) is 8.57. The van der Waals surface area contributed by atoms with Crippen LogP contribution in [0.2, 0.25) is 0 Å². The monoisotopic (exact) mass is 247 g/mol. The summed E-state index contributed by atoms with van der Waals surface area (Å²) in [5, 5.41) is 0. The quantitative estimate of drug-likeness (QED) is 0.752. The maximum Gasteiger partial charge on any atom is 0.150 e. The fourth-order valence-corrected chi connectivity index (χ4v) is 2.79. The van der Waals surface area contributed by atoms with E-state index >= 15 is 0 Å². The molecule has 1 aromatic rings. The summed E-state index contributed by atoms with van der Waals surface area (Å²) in [7, 11) is 0. The summed E-state index contributed by atoms with van der Waals surface area (Å²) < 4.78 is 5.40. The summed E-state index contributed by atoms with van der Waals surface area (Å²) in [6.07, 6.45) is 0.987. The van der Waals surface area contributed by atoms with Gasteiger partial charge in [-0.1, -0.05) is 0 Å². The molecule has 2 rings (SSSR count). The SMILES string of the molecule is Cc1c(C)c(C=O)c(C)c(N2CCOCC2)c1C. The van der Waals surface area contributed by atoms with E-state index in [4.69, 9.17) is 4.74 Å². The minimum atomic E-state index is 0.766. The third-order valence-electron chi connectivity index (χ3n) is 4.09. The molecule has 0 atom stereocenters. The second-order valence-corrected chi connectivity index (χ2v) is 4.98. The maximum atomic E-state index is 11.3. The molecule has 3 heteroatoms. The second-order valence-electron chi connectivity index (χ2n) is 4.98. The van der Waals surface area contributed by atoms with Crippen LogP contribution in [0.15, 0.2) is 0 Å². The van der Waals surface area contributed by atoms with Crippen molar-refractivity contribution >= 4 is 12.0 Å². The molecular weight excluding hydrogens is 226 g/mol. The average Bonchev–Trinajstić information content (AvgIpc) is 2.38. The molecule has 0 saturated carbocycles. The van der Waals surface area contributed by atoms with E-state index in [1.54, 1.807) is 0 Å². The summed E-state index contributed by atoms with van der Waals surface area (Å²) >= 11 is 0. The van der Waals surface area contributed by atoms with E-state index in [0.717, 1.165) is 49.3 Å². The molecule has 0 radical (unpaired) electrons. The highest BCUT2D eigenvalue weighted by molar-refractivity contribution is 5.85. The number of aldehydes is 1. The lowest BCUT2D eigenvalue weighted by atomic mass is 9.92. The number of morpholine rings is 1. The first-order valence-electron chi connectivity index (χ1n) is 6.46. The van der Waals surface area contributed by atoms with Crippen molar-refractivity contribution in [3.8, 4) is 0 Å². The predicted octanol–water partition coefficient (Wildman–Crippen LogP) is 2.57. The summed E-state index contributed by atoms with van der Waals surface area (Å²) in [6, 6.07) is 0. The predicted molar refractivity (Wildman–Crippen MR) is 73.8 cm³/mol. The van der Waals surface area contributed by atoms with Crippen LogP contribution in [0.1, 0.15) is 32.6 Å². The smallest absolute Gasteiger partial charge is 0.150 e. The lowest BCUT2D eigenvalue weighted by Gasteiger charge is -2.33. The first-order valence-corrected chi connectivity index (χ1v) is 6.46. The van der Waals surface area contributed by atoms with Gasteiger partial charge in [0.2, 0.25) is 0 Å². The van der Waals surface area contributed by atoms with Crippen LogP contribution in [-0.4, -0.2) is 32.6 Å². The van der Waals surface area contributed by atoms with Crippen molar-refractivity contribution in [3.63, 3.8) is 0 Å². The van der Waals surface area contributed by atoms with E-state index in [1.807, 2.05) is 13.8 Å². The Bertz CT molecular complexity index is 474. The zero-order valence-corrected chi connectivity index (χ0v) is 11.7. The number of carbonyl (C=O) groups excluding carboxylic acids is 1. The van der Waals surface area contributed by atoms with Crippen molar-refractivity contribution in [2.24, 2.45) is 0 Å². The van der Waals surface area contributed by atoms with E-state index in [9.17, 15) is 4.79 Å². The molecule has 1 saturated heterocycles. The molecule has 1 aliphatic rings. The van der Waals surface area contributed by atoms with Gasteiger partial charge in [0, 0.05) is 24.3 Å². The largest absolute Gasteiger partial charge is 0.378 e. The Morgan fingerprint density at radius 2 is 1.56 bits per heavy atom. The van der Waals surface area contributed by atoms with Gasteiger partial charge < -0.3 is 9.64 Å². The third kappa shape index (κ3) is 2.03. The van der Waals surface area contributed by atoms with Gasteiger partial charge in [0.25, 0.3) is 0 Å². The van der Waals surface area contributed by atoms with Gasteiger partial charge in [-0.25, -0.2) is 0 Å². The Morgan fingerprint density at radius 1 is 0.944 bits per heavy atom. The molecule has 3 nitrogen and oxygen atoms in total. The van der Waals surface area contributed by atoms with Crippen molar-refractivity contribution in [3.05, 3.63) is 27.8 Å². The topological polar surface area (TPSA) is 29.5 Å². The van der Waals surface area contributed by atoms with Gasteiger partial charge in [0.05, 0.1) is 13.2 Å². The van der Waals surface area contributed by atoms with Crippen molar-refractivity contribution in [2.45, 2.75) is 27.7 Å². The number of ether oxygens (including phenoxy) is 1. The van der Waals surface area contributed by atoms with Crippen molar-refractivity contribution < 1.29 is 9.53 Å². The van der Waals surface area contributed by atoms with Gasteiger partial charge in [-0.2, -0.15) is 0 Å². The number of anilines is 1. The number of hydrogen-bond acceptors (Lipinski definition) is 3. The molecule has 1 fully saturated rings. The van der Waals surface area contributed by atoms with Crippen LogP contribution in [0.25, 0.3) is 0 Å². The molecule has 1 aromatic carbocycles. The zero-order valence-electron chi connectivity index (χ0n) is 11.7. The van der Waals surface area contributed by atoms with Crippen LogP contribution in [0.3, 0.4) is 0 Å². The number of rotatable bonds is 2. The van der Waals surface area contributed by atoms with E-state index < -0.39 is 0 Å². The summed E-state index contributed by atoms with van der Waals surface area (Å²) in [5.41, 5.74) is 6.80. The fourth-order valence-electron chi connectivity index (χ4n) is 2.79. The maximum absolute atomic E-state index is 11.3. The van der Waals surface area contributed by atoms with E-state index in [-0.39, 0.29) is 0 Å². The van der Waals surface area contributed by atoms with E-state index in [1.165, 1.54) is 16.8 Å². The van der Waals surface area contributed by atoms with Gasteiger partial charge in [-0.05, 0) is 49.9 Å². The molecule has 0 bridgehead atoms. The molecule has 0 N–H and O–H groups in total. The zero-order chi connectivity index (χ0) is 13.3. The standard InChI is InChI=1S/C15H21NO2/c1-10-11(2)14(9-17)13(4)15(12(10)3)16-5-7-18-8-6-16/h9H,5-8H2,1-4H3. The minimum Gasteiger partial charge on any atom is -0.378 e. The van der Waals surface area contributed by atoms with Gasteiger partial charge in [-0.15, -0.1) is 0 Å². The fraction of sp³-hybridized carbons (Fsp3) is 0.533. The van der Waals surface area contributed by atoms with E-state index in [2.05, 4.69) is 18.7 Å². The molecule has 1 aliphatic heterocycles. The average molecular weight is 247 g/mol. The lowest BCUT2D eigenvalue weighted by Crippen LogP contribution is -2.37. The van der Waals surface area contributed by atoms with Gasteiger partial charge >= 0.3 is 0 Å². The number of carbonyl (C=O) groups is 1. The van der Waals surface area contributed by atoms with Gasteiger partial charge in [0.1, 0.15) is 0 Å². The van der Waals surface area contributed by atoms with Crippen LogP contribution in [0.5, 0.6) is 0 Å². The highest BCUT2D eigenvalue weighted by Crippen LogP contribution is 2.33. The molecule has 98 valence electrons. The number of hydrogen-bond donors (Lipinski definition) is 0. The van der Waals surface area contributed by atoms with Crippen molar-refractivity contribution in [1.29, 1.82) is 0 Å². The normalized spacial score (nSPS) is 15.9. The third-order valence-corrected chi connectivity index (χ3v) is 4.09. The molecule has 0 unspecified atom stereocenters. The van der Waals surface area contributed by atoms with Gasteiger partial charge in [-0.3, -0.25) is 4.79 Å². The lowest BCUT2D eigenvalue weighted by molar-refractivity contribution is 0.112. The highest BCUT2D eigenvalue weighted by Gasteiger charge is 2.20. The molecule has 0 amide bonds. The Morgan fingerprint density at radius 3 is 2.11 bits per heavy atom. The van der Waals surface area contributed by atoms with Crippen LogP contribution < -0.4 is 4.90 Å². The summed E-state index contributed by atoms with van der Waals surface area (Å²) in [6.45, 7) is 11.7. The Kier molecular flexibility index (Phi) is 3.71. The van der Waals surface area contributed by atoms with E-state index in [0.29, 0.717) is 0 Å². The number of nitrogens with zero attached hydrogens (tertiary/aromatic N) is 1. The second kappa shape index (κ2) is 5.11. The molecule has 1 heterocycles. The molecule has 0 aromatic heterocycles. The molecule has 0 aliphatic carbocycles. The van der Waals surface area contributed by atoms with Gasteiger partial charge in [0.15, 0.2) is 6.29 Å². The van der Waals surface area contributed by atoms with Crippen LogP contribution in [-0.2, 0) is 4.74 Å². The number of benzene rings is 1. The van der Waals surface area contributed by atoms with Crippen LogP contribution in [0.4, 0.5) is 5.69 Å². The molecular formula is C15H21NO2. The van der Waals surface area contributed by atoms with Crippen LogP contribution >= 0.6 is 0 Å².